The number of halogens is 1. The SMILES string of the molecule is COc1cc(C[NH2+][C@@H](C)[C@H](O)c2ccccc2)cc(Cl)c1OCc1cccs1. The predicted octanol–water partition coefficient (Wildman–Crippen LogP) is 4.17. The number of aliphatic hydroxyl groups is 1. The lowest BCUT2D eigenvalue weighted by Gasteiger charge is -2.18. The van der Waals surface area contributed by atoms with Gasteiger partial charge in [-0.15, -0.1) is 11.3 Å². The highest BCUT2D eigenvalue weighted by Gasteiger charge is 2.20. The number of nitrogens with two attached hydrogens (primary N) is 1. The molecular weight excluding hydrogens is 394 g/mol. The van der Waals surface area contributed by atoms with E-state index in [1.54, 1.807) is 18.4 Å². The molecule has 3 N–H and O–H groups in total. The number of ether oxygens (including phenoxy) is 2. The molecular formula is C22H25ClNO3S+. The Morgan fingerprint density at radius 2 is 1.93 bits per heavy atom. The zero-order chi connectivity index (χ0) is 19.9. The van der Waals surface area contributed by atoms with Gasteiger partial charge in [0.1, 0.15) is 25.3 Å². The van der Waals surface area contributed by atoms with Crippen molar-refractivity contribution in [1.82, 2.24) is 0 Å². The molecule has 0 amide bonds. The molecule has 0 aliphatic heterocycles. The van der Waals surface area contributed by atoms with Crippen molar-refractivity contribution in [2.75, 3.05) is 7.11 Å². The van der Waals surface area contributed by atoms with Crippen molar-refractivity contribution in [3.8, 4) is 11.5 Å². The molecule has 0 radical (unpaired) electrons. The van der Waals surface area contributed by atoms with E-state index in [2.05, 4.69) is 5.32 Å². The van der Waals surface area contributed by atoms with Gasteiger partial charge in [0.2, 0.25) is 0 Å². The highest BCUT2D eigenvalue weighted by atomic mass is 35.5. The summed E-state index contributed by atoms with van der Waals surface area (Å²) in [5.41, 5.74) is 1.93. The van der Waals surface area contributed by atoms with Gasteiger partial charge >= 0.3 is 0 Å². The minimum atomic E-state index is -0.535. The van der Waals surface area contributed by atoms with Gasteiger partial charge in [0, 0.05) is 10.4 Å². The fourth-order valence-corrected chi connectivity index (χ4v) is 3.88. The van der Waals surface area contributed by atoms with Gasteiger partial charge in [0.15, 0.2) is 11.5 Å². The Bertz CT molecular complexity index is 871. The first kappa shape index (κ1) is 20.7. The Labute approximate surface area is 174 Å². The number of methoxy groups -OCH3 is 1. The average molecular weight is 419 g/mol. The van der Waals surface area contributed by atoms with Crippen LogP contribution in [0.4, 0.5) is 0 Å². The maximum atomic E-state index is 10.5. The van der Waals surface area contributed by atoms with Gasteiger partial charge in [-0.1, -0.05) is 48.0 Å². The van der Waals surface area contributed by atoms with Gasteiger partial charge in [0.25, 0.3) is 0 Å². The number of hydrogen-bond donors (Lipinski definition) is 2. The minimum absolute atomic E-state index is 0.00178. The van der Waals surface area contributed by atoms with Crippen LogP contribution in [0, 0.1) is 0 Å². The van der Waals surface area contributed by atoms with E-state index in [4.69, 9.17) is 21.1 Å². The molecule has 148 valence electrons. The van der Waals surface area contributed by atoms with Crippen molar-refractivity contribution in [3.63, 3.8) is 0 Å². The third-order valence-corrected chi connectivity index (χ3v) is 5.72. The lowest BCUT2D eigenvalue weighted by atomic mass is 10.0. The first-order valence-corrected chi connectivity index (χ1v) is 10.4. The normalized spacial score (nSPS) is 13.1. The number of hydrogen-bond acceptors (Lipinski definition) is 4. The standard InChI is InChI=1S/C22H24ClNO3S/c1-15(21(25)17-7-4-3-5-8-17)24-13-16-11-19(23)22(20(12-16)26-2)27-14-18-9-6-10-28-18/h3-12,15,21,24-25H,13-14H2,1-2H3/p+1/t15-,21-/m0/s1. The van der Waals surface area contributed by atoms with Gasteiger partial charge < -0.3 is 19.9 Å². The molecule has 0 spiro atoms. The van der Waals surface area contributed by atoms with Crippen LogP contribution < -0.4 is 14.8 Å². The first-order valence-electron chi connectivity index (χ1n) is 9.16. The van der Waals surface area contributed by atoms with Crippen LogP contribution in [0.2, 0.25) is 5.02 Å². The van der Waals surface area contributed by atoms with E-state index in [9.17, 15) is 5.11 Å². The quantitative estimate of drug-likeness (QED) is 0.548. The maximum Gasteiger partial charge on any atom is 0.180 e. The molecule has 28 heavy (non-hydrogen) atoms. The third-order valence-electron chi connectivity index (χ3n) is 4.59. The van der Waals surface area contributed by atoms with E-state index in [0.29, 0.717) is 29.7 Å². The zero-order valence-corrected chi connectivity index (χ0v) is 17.5. The van der Waals surface area contributed by atoms with E-state index in [1.165, 1.54) is 0 Å². The highest BCUT2D eigenvalue weighted by molar-refractivity contribution is 7.09. The van der Waals surface area contributed by atoms with Gasteiger partial charge in [-0.2, -0.15) is 0 Å². The number of thiophene rings is 1. The second-order valence-electron chi connectivity index (χ2n) is 6.63. The van der Waals surface area contributed by atoms with Crippen molar-refractivity contribution in [3.05, 3.63) is 81.0 Å². The van der Waals surface area contributed by atoms with E-state index in [1.807, 2.05) is 66.9 Å². The summed E-state index contributed by atoms with van der Waals surface area (Å²) in [7, 11) is 1.61. The molecule has 0 bridgehead atoms. The third kappa shape index (κ3) is 5.26. The Kier molecular flexibility index (Phi) is 7.34. The molecule has 1 aromatic heterocycles. The summed E-state index contributed by atoms with van der Waals surface area (Å²) in [5.74, 6) is 1.17. The number of rotatable bonds is 9. The van der Waals surface area contributed by atoms with Gasteiger partial charge in [-0.3, -0.25) is 0 Å². The van der Waals surface area contributed by atoms with Gasteiger partial charge in [-0.05, 0) is 36.1 Å². The molecule has 3 aromatic rings. The zero-order valence-electron chi connectivity index (χ0n) is 16.0. The Morgan fingerprint density at radius 3 is 2.61 bits per heavy atom. The molecule has 0 unspecified atom stereocenters. The molecule has 2 atom stereocenters. The van der Waals surface area contributed by atoms with Crippen LogP contribution in [0.1, 0.15) is 29.0 Å². The second-order valence-corrected chi connectivity index (χ2v) is 8.07. The number of benzene rings is 2. The van der Waals surface area contributed by atoms with Crippen LogP contribution in [0.3, 0.4) is 0 Å². The predicted molar refractivity (Wildman–Crippen MR) is 113 cm³/mol. The summed E-state index contributed by atoms with van der Waals surface area (Å²) in [5, 5.41) is 15.2. The lowest BCUT2D eigenvalue weighted by Crippen LogP contribution is -2.88. The topological polar surface area (TPSA) is 55.3 Å². The monoisotopic (exact) mass is 418 g/mol. The maximum absolute atomic E-state index is 10.5. The second kappa shape index (κ2) is 9.94. The molecule has 0 aliphatic carbocycles. The molecule has 0 saturated carbocycles. The Balaban J connectivity index is 1.64. The van der Waals surface area contributed by atoms with Gasteiger partial charge in [-0.25, -0.2) is 0 Å². The van der Waals surface area contributed by atoms with E-state index >= 15 is 0 Å². The van der Waals surface area contributed by atoms with Crippen LogP contribution in [0.5, 0.6) is 11.5 Å². The molecule has 1 heterocycles. The highest BCUT2D eigenvalue weighted by Crippen LogP contribution is 2.37. The summed E-state index contributed by atoms with van der Waals surface area (Å²) >= 11 is 8.10. The minimum Gasteiger partial charge on any atom is -0.493 e. The van der Waals surface area contributed by atoms with E-state index in [-0.39, 0.29) is 6.04 Å². The lowest BCUT2D eigenvalue weighted by molar-refractivity contribution is -0.709. The summed E-state index contributed by atoms with van der Waals surface area (Å²) in [6, 6.07) is 17.5. The van der Waals surface area contributed by atoms with Crippen LogP contribution in [0.15, 0.2) is 60.0 Å². The van der Waals surface area contributed by atoms with Crippen molar-refractivity contribution in [2.45, 2.75) is 32.2 Å². The van der Waals surface area contributed by atoms with Crippen molar-refractivity contribution in [2.24, 2.45) is 0 Å². The summed E-state index contributed by atoms with van der Waals surface area (Å²) in [4.78, 5) is 1.12. The van der Waals surface area contributed by atoms with Crippen LogP contribution in [-0.2, 0) is 13.2 Å². The van der Waals surface area contributed by atoms with E-state index < -0.39 is 6.10 Å². The van der Waals surface area contributed by atoms with Gasteiger partial charge in [0.05, 0.1) is 12.1 Å². The fraction of sp³-hybridized carbons (Fsp3) is 0.273. The van der Waals surface area contributed by atoms with Crippen LogP contribution in [0.25, 0.3) is 0 Å². The smallest absolute Gasteiger partial charge is 0.180 e. The summed E-state index contributed by atoms with van der Waals surface area (Å²) in [6.07, 6.45) is -0.535. The molecule has 6 heteroatoms. The Morgan fingerprint density at radius 1 is 1.14 bits per heavy atom. The van der Waals surface area contributed by atoms with Crippen molar-refractivity contribution >= 4 is 22.9 Å². The van der Waals surface area contributed by atoms with Crippen molar-refractivity contribution in [1.29, 1.82) is 0 Å². The van der Waals surface area contributed by atoms with E-state index in [0.717, 1.165) is 16.0 Å². The molecule has 3 rings (SSSR count). The summed E-state index contributed by atoms with van der Waals surface area (Å²) in [6.45, 7) is 3.14. The van der Waals surface area contributed by atoms with Crippen LogP contribution >= 0.6 is 22.9 Å². The fourth-order valence-electron chi connectivity index (χ4n) is 2.97. The van der Waals surface area contributed by atoms with Crippen LogP contribution in [-0.4, -0.2) is 18.3 Å². The van der Waals surface area contributed by atoms with Crippen molar-refractivity contribution < 1.29 is 19.9 Å². The summed E-state index contributed by atoms with van der Waals surface area (Å²) < 4.78 is 11.4. The molecule has 0 saturated heterocycles. The largest absolute Gasteiger partial charge is 0.493 e. The number of quaternary nitrogens is 1. The average Bonchev–Trinajstić information content (AvgIpc) is 3.24. The molecule has 2 aromatic carbocycles. The molecule has 0 fully saturated rings. The number of aliphatic hydroxyl groups excluding tert-OH is 1. The Hall–Kier alpha value is -2.05. The molecule has 4 nitrogen and oxygen atoms in total. The first-order chi connectivity index (χ1) is 13.6. The molecule has 0 aliphatic rings.